The van der Waals surface area contributed by atoms with E-state index in [0.29, 0.717) is 4.99 Å². The van der Waals surface area contributed by atoms with Crippen LogP contribution in [0.4, 0.5) is 0 Å². The van der Waals surface area contributed by atoms with Crippen LogP contribution >= 0.6 is 12.2 Å². The molecule has 0 saturated heterocycles. The average Bonchev–Trinajstić information content (AvgIpc) is 2.12. The first-order valence-electron chi connectivity index (χ1n) is 5.51. The number of nitrogens with two attached hydrogens (primary N) is 1. The molecule has 1 aromatic carbocycles. The number of thiocarbonyl (C=S) groups is 1. The molecule has 88 valence electrons. The van der Waals surface area contributed by atoms with Gasteiger partial charge in [0.25, 0.3) is 0 Å². The van der Waals surface area contributed by atoms with Crippen LogP contribution in [0.15, 0.2) is 18.2 Å². The summed E-state index contributed by atoms with van der Waals surface area (Å²) in [5.41, 5.74) is 9.47. The van der Waals surface area contributed by atoms with Gasteiger partial charge in [0, 0.05) is 19.5 Å². The van der Waals surface area contributed by atoms with Crippen LogP contribution in [-0.2, 0) is 6.54 Å². The Bertz CT molecular complexity index is 354. The van der Waals surface area contributed by atoms with Crippen molar-refractivity contribution in [1.29, 1.82) is 0 Å². The largest absolute Gasteiger partial charge is 0.393 e. The summed E-state index contributed by atoms with van der Waals surface area (Å²) in [5, 5.41) is 0. The fourth-order valence-electron chi connectivity index (χ4n) is 1.85. The maximum absolute atomic E-state index is 5.49. The molecule has 0 radical (unpaired) electrons. The molecule has 1 rings (SSSR count). The Labute approximate surface area is 103 Å². The smallest absolute Gasteiger partial charge is 0.0740 e. The lowest BCUT2D eigenvalue weighted by molar-refractivity contribution is 0.337. The van der Waals surface area contributed by atoms with E-state index in [1.54, 1.807) is 0 Å². The van der Waals surface area contributed by atoms with E-state index in [1.807, 2.05) is 0 Å². The van der Waals surface area contributed by atoms with Gasteiger partial charge in [-0.25, -0.2) is 0 Å². The number of hydrogen-bond acceptors (Lipinski definition) is 2. The van der Waals surface area contributed by atoms with Crippen LogP contribution in [0.5, 0.6) is 0 Å². The van der Waals surface area contributed by atoms with E-state index in [-0.39, 0.29) is 0 Å². The van der Waals surface area contributed by atoms with Gasteiger partial charge in [-0.2, -0.15) is 0 Å². The predicted octanol–water partition coefficient (Wildman–Crippen LogP) is 2.41. The zero-order valence-corrected chi connectivity index (χ0v) is 11.1. The molecule has 2 N–H and O–H groups in total. The molecule has 0 aliphatic heterocycles. The van der Waals surface area contributed by atoms with E-state index in [2.05, 4.69) is 44.0 Å². The van der Waals surface area contributed by atoms with Crippen molar-refractivity contribution in [3.63, 3.8) is 0 Å². The highest BCUT2D eigenvalue weighted by atomic mass is 32.1. The fourth-order valence-corrected chi connectivity index (χ4v) is 1.94. The van der Waals surface area contributed by atoms with Gasteiger partial charge in [-0.1, -0.05) is 41.5 Å². The van der Waals surface area contributed by atoms with E-state index < -0.39 is 0 Å². The molecule has 0 bridgehead atoms. The van der Waals surface area contributed by atoms with Crippen molar-refractivity contribution in [2.75, 3.05) is 13.6 Å². The normalized spacial score (nSPS) is 10.8. The number of nitrogens with zero attached hydrogens (tertiary/aromatic N) is 1. The van der Waals surface area contributed by atoms with Crippen molar-refractivity contribution < 1.29 is 0 Å². The Kier molecular flexibility index (Phi) is 4.90. The molecule has 16 heavy (non-hydrogen) atoms. The van der Waals surface area contributed by atoms with Crippen molar-refractivity contribution in [2.45, 2.75) is 26.8 Å². The summed E-state index contributed by atoms with van der Waals surface area (Å²) in [6.07, 6.45) is 0.788. The molecule has 0 unspecified atom stereocenters. The zero-order valence-electron chi connectivity index (χ0n) is 10.3. The number of hydrogen-bond donors (Lipinski definition) is 1. The van der Waals surface area contributed by atoms with E-state index in [1.165, 1.54) is 16.7 Å². The lowest BCUT2D eigenvalue weighted by Gasteiger charge is -2.17. The van der Waals surface area contributed by atoms with Crippen LogP contribution in [0.2, 0.25) is 0 Å². The summed E-state index contributed by atoms with van der Waals surface area (Å²) in [5.74, 6) is 0. The molecule has 1 aromatic rings. The summed E-state index contributed by atoms with van der Waals surface area (Å²) < 4.78 is 0. The standard InChI is InChI=1S/C13H20N2S/c1-10-6-11(2)8-12(7-10)9-15(3)5-4-13(14)16/h6-8H,4-5,9H2,1-3H3,(H2,14,16). The van der Waals surface area contributed by atoms with Gasteiger partial charge in [0.05, 0.1) is 4.99 Å². The van der Waals surface area contributed by atoms with Crippen LogP contribution in [0.25, 0.3) is 0 Å². The molecule has 0 aromatic heterocycles. The van der Waals surface area contributed by atoms with Crippen molar-refractivity contribution in [3.8, 4) is 0 Å². The lowest BCUT2D eigenvalue weighted by atomic mass is 10.1. The molecule has 0 heterocycles. The number of rotatable bonds is 5. The van der Waals surface area contributed by atoms with Crippen LogP contribution in [0.3, 0.4) is 0 Å². The molecule has 0 spiro atoms. The van der Waals surface area contributed by atoms with Crippen LogP contribution in [0.1, 0.15) is 23.1 Å². The second-order valence-electron chi connectivity index (χ2n) is 4.45. The van der Waals surface area contributed by atoms with Gasteiger partial charge in [-0.05, 0) is 26.5 Å². The summed E-state index contributed by atoms with van der Waals surface area (Å²) in [6.45, 7) is 6.13. The Hall–Kier alpha value is -0.930. The second kappa shape index (κ2) is 5.97. The van der Waals surface area contributed by atoms with Gasteiger partial charge in [-0.3, -0.25) is 0 Å². The SMILES string of the molecule is Cc1cc(C)cc(CN(C)CCC(N)=S)c1. The number of aryl methyl sites for hydroxylation is 2. The third-order valence-corrected chi connectivity index (χ3v) is 2.68. The molecular weight excluding hydrogens is 216 g/mol. The quantitative estimate of drug-likeness (QED) is 0.796. The maximum Gasteiger partial charge on any atom is 0.0740 e. The third-order valence-electron chi connectivity index (χ3n) is 2.47. The van der Waals surface area contributed by atoms with Crippen LogP contribution < -0.4 is 5.73 Å². The molecule has 0 amide bonds. The summed E-state index contributed by atoms with van der Waals surface area (Å²) in [6, 6.07) is 6.65. The third kappa shape index (κ3) is 4.73. The summed E-state index contributed by atoms with van der Waals surface area (Å²) >= 11 is 4.87. The van der Waals surface area contributed by atoms with Crippen LogP contribution in [-0.4, -0.2) is 23.5 Å². The van der Waals surface area contributed by atoms with Gasteiger partial charge in [0.15, 0.2) is 0 Å². The van der Waals surface area contributed by atoms with Gasteiger partial charge in [0.1, 0.15) is 0 Å². The summed E-state index contributed by atoms with van der Waals surface area (Å²) in [7, 11) is 2.09. The van der Waals surface area contributed by atoms with Crippen molar-refractivity contribution >= 4 is 17.2 Å². The maximum atomic E-state index is 5.49. The first-order chi connectivity index (χ1) is 7.47. The highest BCUT2D eigenvalue weighted by molar-refractivity contribution is 7.80. The topological polar surface area (TPSA) is 29.3 Å². The first kappa shape index (κ1) is 13.1. The Balaban J connectivity index is 2.55. The molecular formula is C13H20N2S. The molecule has 0 fully saturated rings. The van der Waals surface area contributed by atoms with Gasteiger partial charge >= 0.3 is 0 Å². The Morgan fingerprint density at radius 3 is 2.31 bits per heavy atom. The van der Waals surface area contributed by atoms with Crippen molar-refractivity contribution in [1.82, 2.24) is 4.90 Å². The Morgan fingerprint density at radius 1 is 1.25 bits per heavy atom. The minimum Gasteiger partial charge on any atom is -0.393 e. The zero-order chi connectivity index (χ0) is 12.1. The first-order valence-corrected chi connectivity index (χ1v) is 5.92. The molecule has 0 aliphatic rings. The van der Waals surface area contributed by atoms with E-state index in [0.717, 1.165) is 19.5 Å². The average molecular weight is 236 g/mol. The highest BCUT2D eigenvalue weighted by Crippen LogP contribution is 2.10. The molecule has 3 heteroatoms. The minimum atomic E-state index is 0.590. The van der Waals surface area contributed by atoms with Gasteiger partial charge in [-0.15, -0.1) is 0 Å². The predicted molar refractivity (Wildman–Crippen MR) is 73.7 cm³/mol. The molecule has 0 saturated carbocycles. The Morgan fingerprint density at radius 2 is 1.81 bits per heavy atom. The fraction of sp³-hybridized carbons (Fsp3) is 0.462. The molecule has 0 atom stereocenters. The van der Waals surface area contributed by atoms with E-state index >= 15 is 0 Å². The second-order valence-corrected chi connectivity index (χ2v) is 4.97. The number of benzene rings is 1. The van der Waals surface area contributed by atoms with Crippen molar-refractivity contribution in [2.24, 2.45) is 5.73 Å². The monoisotopic (exact) mass is 236 g/mol. The van der Waals surface area contributed by atoms with E-state index in [4.69, 9.17) is 18.0 Å². The lowest BCUT2D eigenvalue weighted by Crippen LogP contribution is -2.23. The van der Waals surface area contributed by atoms with Crippen LogP contribution in [0, 0.1) is 13.8 Å². The van der Waals surface area contributed by atoms with E-state index in [9.17, 15) is 0 Å². The highest BCUT2D eigenvalue weighted by Gasteiger charge is 2.02. The minimum absolute atomic E-state index is 0.590. The molecule has 2 nitrogen and oxygen atoms in total. The van der Waals surface area contributed by atoms with Gasteiger partial charge < -0.3 is 10.6 Å². The molecule has 0 aliphatic carbocycles. The summed E-state index contributed by atoms with van der Waals surface area (Å²) in [4.78, 5) is 2.83. The van der Waals surface area contributed by atoms with Gasteiger partial charge in [0.2, 0.25) is 0 Å². The van der Waals surface area contributed by atoms with Crippen molar-refractivity contribution in [3.05, 3.63) is 34.9 Å².